The van der Waals surface area contributed by atoms with Crippen molar-refractivity contribution in [2.75, 3.05) is 14.2 Å². The standard InChI is InChI=1S/C27H30ClNO5/c1-4-16-10-12-17(13-11-16)24-23(26(31)27(32)29(24)18-8-6-5-7-9-18)25(30)19-14-20(28)22(34-3)15-21(19)33-2/h10-15,18,24,30H,4-9H2,1-3H3/b25-23+. The molecule has 7 heteroatoms. The molecule has 1 amide bonds. The second kappa shape index (κ2) is 10.1. The fourth-order valence-corrected chi connectivity index (χ4v) is 5.28. The molecule has 1 atom stereocenters. The molecular formula is C27H30ClNO5. The van der Waals surface area contributed by atoms with Gasteiger partial charge in [0.1, 0.15) is 17.3 Å². The maximum Gasteiger partial charge on any atom is 0.295 e. The molecular weight excluding hydrogens is 454 g/mol. The summed E-state index contributed by atoms with van der Waals surface area (Å²) in [6.45, 7) is 2.07. The molecule has 1 heterocycles. The smallest absolute Gasteiger partial charge is 0.295 e. The van der Waals surface area contributed by atoms with Crippen molar-refractivity contribution in [3.63, 3.8) is 0 Å². The zero-order valence-corrected chi connectivity index (χ0v) is 20.5. The lowest BCUT2D eigenvalue weighted by Crippen LogP contribution is -2.40. The van der Waals surface area contributed by atoms with E-state index in [4.69, 9.17) is 21.1 Å². The van der Waals surface area contributed by atoms with Gasteiger partial charge in [0.05, 0.1) is 36.4 Å². The second-order valence-corrected chi connectivity index (χ2v) is 9.19. The van der Waals surface area contributed by atoms with E-state index in [1.54, 1.807) is 11.0 Å². The van der Waals surface area contributed by atoms with Crippen LogP contribution in [0.15, 0.2) is 42.0 Å². The van der Waals surface area contributed by atoms with Gasteiger partial charge in [-0.15, -0.1) is 0 Å². The summed E-state index contributed by atoms with van der Waals surface area (Å²) in [4.78, 5) is 28.4. The molecule has 34 heavy (non-hydrogen) atoms. The number of rotatable bonds is 6. The number of aliphatic hydroxyl groups is 1. The lowest BCUT2D eigenvalue weighted by molar-refractivity contribution is -0.141. The van der Waals surface area contributed by atoms with Crippen LogP contribution in [0.25, 0.3) is 5.76 Å². The van der Waals surface area contributed by atoms with E-state index in [0.29, 0.717) is 11.5 Å². The summed E-state index contributed by atoms with van der Waals surface area (Å²) in [5, 5.41) is 11.7. The first kappa shape index (κ1) is 24.1. The molecule has 0 bridgehead atoms. The number of aryl methyl sites for hydroxylation is 1. The number of benzene rings is 2. The van der Waals surface area contributed by atoms with E-state index in [-0.39, 0.29) is 28.0 Å². The van der Waals surface area contributed by atoms with Crippen LogP contribution in [-0.4, -0.2) is 42.0 Å². The summed E-state index contributed by atoms with van der Waals surface area (Å²) >= 11 is 6.33. The third-order valence-electron chi connectivity index (χ3n) is 6.88. The summed E-state index contributed by atoms with van der Waals surface area (Å²) in [6, 6.07) is 10.2. The summed E-state index contributed by atoms with van der Waals surface area (Å²) in [6.07, 6.45) is 5.71. The summed E-state index contributed by atoms with van der Waals surface area (Å²) in [5.41, 5.74) is 2.24. The van der Waals surface area contributed by atoms with Crippen LogP contribution in [-0.2, 0) is 16.0 Å². The molecule has 1 N–H and O–H groups in total. The molecule has 1 saturated carbocycles. The minimum absolute atomic E-state index is 0.0484. The number of likely N-dealkylation sites (tertiary alicyclic amines) is 1. The van der Waals surface area contributed by atoms with E-state index in [9.17, 15) is 14.7 Å². The Hall–Kier alpha value is -2.99. The third-order valence-corrected chi connectivity index (χ3v) is 7.18. The Morgan fingerprint density at radius 2 is 1.68 bits per heavy atom. The molecule has 2 aromatic rings. The minimum atomic E-state index is -0.693. The normalized spacial score (nSPS) is 20.6. The van der Waals surface area contributed by atoms with E-state index < -0.39 is 17.7 Å². The molecule has 2 aromatic carbocycles. The number of halogens is 1. The van der Waals surface area contributed by atoms with Crippen molar-refractivity contribution >= 4 is 29.1 Å². The van der Waals surface area contributed by atoms with Gasteiger partial charge in [-0.3, -0.25) is 9.59 Å². The molecule has 0 radical (unpaired) electrons. The van der Waals surface area contributed by atoms with Crippen molar-refractivity contribution < 1.29 is 24.2 Å². The van der Waals surface area contributed by atoms with Crippen molar-refractivity contribution in [1.82, 2.24) is 4.90 Å². The van der Waals surface area contributed by atoms with Gasteiger partial charge in [0.2, 0.25) is 0 Å². The van der Waals surface area contributed by atoms with Gasteiger partial charge in [0, 0.05) is 12.1 Å². The molecule has 1 saturated heterocycles. The molecule has 1 unspecified atom stereocenters. The second-order valence-electron chi connectivity index (χ2n) is 8.78. The van der Waals surface area contributed by atoms with Crippen molar-refractivity contribution in [2.24, 2.45) is 0 Å². The third kappa shape index (κ3) is 4.27. The van der Waals surface area contributed by atoms with Gasteiger partial charge in [-0.05, 0) is 36.5 Å². The van der Waals surface area contributed by atoms with E-state index in [0.717, 1.165) is 49.7 Å². The average molecular weight is 484 g/mol. The number of methoxy groups -OCH3 is 2. The van der Waals surface area contributed by atoms with Crippen LogP contribution in [0.5, 0.6) is 11.5 Å². The minimum Gasteiger partial charge on any atom is -0.507 e. The first-order valence-electron chi connectivity index (χ1n) is 11.7. The Morgan fingerprint density at radius 1 is 1.03 bits per heavy atom. The largest absolute Gasteiger partial charge is 0.507 e. The zero-order chi connectivity index (χ0) is 24.4. The maximum absolute atomic E-state index is 13.4. The number of carbonyl (C=O) groups is 2. The number of hydrogen-bond donors (Lipinski definition) is 1. The monoisotopic (exact) mass is 483 g/mol. The zero-order valence-electron chi connectivity index (χ0n) is 19.8. The maximum atomic E-state index is 13.4. The molecule has 1 aliphatic heterocycles. The van der Waals surface area contributed by atoms with Crippen LogP contribution < -0.4 is 9.47 Å². The van der Waals surface area contributed by atoms with Gasteiger partial charge in [-0.2, -0.15) is 0 Å². The van der Waals surface area contributed by atoms with Crippen LogP contribution >= 0.6 is 11.6 Å². The van der Waals surface area contributed by atoms with E-state index in [2.05, 4.69) is 6.92 Å². The Labute approximate surface area is 205 Å². The molecule has 4 rings (SSSR count). The Bertz CT molecular complexity index is 1120. The van der Waals surface area contributed by atoms with Gasteiger partial charge in [0.25, 0.3) is 11.7 Å². The fourth-order valence-electron chi connectivity index (χ4n) is 5.04. The molecule has 6 nitrogen and oxygen atoms in total. The van der Waals surface area contributed by atoms with Crippen molar-refractivity contribution in [2.45, 2.75) is 57.5 Å². The predicted molar refractivity (Wildman–Crippen MR) is 131 cm³/mol. The summed E-state index contributed by atoms with van der Waals surface area (Å²) < 4.78 is 10.7. The van der Waals surface area contributed by atoms with Gasteiger partial charge in [-0.1, -0.05) is 62.1 Å². The van der Waals surface area contributed by atoms with E-state index in [1.165, 1.54) is 20.3 Å². The topological polar surface area (TPSA) is 76.1 Å². The Morgan fingerprint density at radius 3 is 2.26 bits per heavy atom. The number of hydrogen-bond acceptors (Lipinski definition) is 5. The summed E-state index contributed by atoms with van der Waals surface area (Å²) in [7, 11) is 2.94. The van der Waals surface area contributed by atoms with Crippen LogP contribution in [0.2, 0.25) is 5.02 Å². The number of nitrogens with zero attached hydrogens (tertiary/aromatic N) is 1. The molecule has 1 aliphatic carbocycles. The number of amides is 1. The van der Waals surface area contributed by atoms with E-state index >= 15 is 0 Å². The molecule has 180 valence electrons. The number of Topliss-reactive ketones (excluding diaryl/α,β-unsaturated/α-hetero) is 1. The fraction of sp³-hybridized carbons (Fsp3) is 0.407. The van der Waals surface area contributed by atoms with Gasteiger partial charge < -0.3 is 19.5 Å². The first-order valence-corrected chi connectivity index (χ1v) is 12.1. The number of carbonyl (C=O) groups excluding carboxylic acids is 2. The first-order chi connectivity index (χ1) is 16.4. The van der Waals surface area contributed by atoms with Crippen molar-refractivity contribution in [3.05, 3.63) is 63.7 Å². The number of aliphatic hydroxyl groups excluding tert-OH is 1. The van der Waals surface area contributed by atoms with Gasteiger partial charge in [0.15, 0.2) is 0 Å². The van der Waals surface area contributed by atoms with Gasteiger partial charge >= 0.3 is 0 Å². The highest BCUT2D eigenvalue weighted by Gasteiger charge is 2.49. The van der Waals surface area contributed by atoms with Crippen LogP contribution in [0.4, 0.5) is 0 Å². The lowest BCUT2D eigenvalue weighted by Gasteiger charge is -2.35. The highest BCUT2D eigenvalue weighted by molar-refractivity contribution is 6.46. The molecule has 0 spiro atoms. The Balaban J connectivity index is 1.91. The van der Waals surface area contributed by atoms with Crippen molar-refractivity contribution in [3.8, 4) is 11.5 Å². The predicted octanol–water partition coefficient (Wildman–Crippen LogP) is 5.67. The number of ether oxygens (including phenoxy) is 2. The highest BCUT2D eigenvalue weighted by atomic mass is 35.5. The highest BCUT2D eigenvalue weighted by Crippen LogP contribution is 2.45. The lowest BCUT2D eigenvalue weighted by atomic mass is 9.90. The van der Waals surface area contributed by atoms with Crippen LogP contribution in [0, 0.1) is 0 Å². The van der Waals surface area contributed by atoms with Crippen LogP contribution in [0.1, 0.15) is 61.8 Å². The number of ketones is 1. The summed E-state index contributed by atoms with van der Waals surface area (Å²) in [5.74, 6) is -0.895. The van der Waals surface area contributed by atoms with Gasteiger partial charge in [-0.25, -0.2) is 0 Å². The van der Waals surface area contributed by atoms with Crippen molar-refractivity contribution in [1.29, 1.82) is 0 Å². The van der Waals surface area contributed by atoms with Crippen LogP contribution in [0.3, 0.4) is 0 Å². The molecule has 0 aromatic heterocycles. The average Bonchev–Trinajstić information content (AvgIpc) is 3.14. The SMILES string of the molecule is CCc1ccc(C2/C(=C(\O)c3cc(Cl)c(OC)cc3OC)C(=O)C(=O)N2C2CCCCC2)cc1. The molecule has 2 aliphatic rings. The quantitative estimate of drug-likeness (QED) is 0.325. The Kier molecular flexibility index (Phi) is 7.17. The molecule has 2 fully saturated rings. The van der Waals surface area contributed by atoms with E-state index in [1.807, 2.05) is 24.3 Å².